The summed E-state index contributed by atoms with van der Waals surface area (Å²) in [6.45, 7) is 7.96. The summed E-state index contributed by atoms with van der Waals surface area (Å²) < 4.78 is 25.0. The molecule has 1 aromatic heterocycles. The molecule has 5 nitrogen and oxygen atoms in total. The third kappa shape index (κ3) is 3.82. The highest BCUT2D eigenvalue weighted by Gasteiger charge is 2.21. The monoisotopic (exact) mass is 302 g/mol. The van der Waals surface area contributed by atoms with E-state index in [1.54, 1.807) is 11.6 Å². The summed E-state index contributed by atoms with van der Waals surface area (Å²) in [5.41, 5.74) is 2.74. The molecule has 0 saturated heterocycles. The van der Waals surface area contributed by atoms with Gasteiger partial charge in [0.25, 0.3) is 0 Å². The Morgan fingerprint density at radius 3 is 2.30 bits per heavy atom. The molecule has 0 saturated carbocycles. The van der Waals surface area contributed by atoms with Gasteiger partial charge in [-0.1, -0.05) is 27.7 Å². The summed E-state index contributed by atoms with van der Waals surface area (Å²) >= 11 is 0. The van der Waals surface area contributed by atoms with Gasteiger partial charge in [-0.25, -0.2) is 8.42 Å². The molecule has 116 valence electrons. The number of aliphatic hydroxyl groups is 1. The van der Waals surface area contributed by atoms with E-state index in [2.05, 4.69) is 5.10 Å². The van der Waals surface area contributed by atoms with Gasteiger partial charge in [-0.3, -0.25) is 4.68 Å². The summed E-state index contributed by atoms with van der Waals surface area (Å²) in [6, 6.07) is 0. The number of aromatic nitrogens is 2. The van der Waals surface area contributed by atoms with Crippen molar-refractivity contribution in [1.29, 1.82) is 0 Å². The second-order valence-corrected chi connectivity index (χ2v) is 7.37. The molecule has 1 rings (SSSR count). The molecule has 0 amide bonds. The van der Waals surface area contributed by atoms with Crippen LogP contribution in [-0.4, -0.2) is 34.8 Å². The molecule has 20 heavy (non-hydrogen) atoms. The molecule has 0 aliphatic heterocycles. The molecule has 0 fully saturated rings. The number of aryl methyl sites for hydroxylation is 2. The maximum Gasteiger partial charge on any atom is 0.151 e. The van der Waals surface area contributed by atoms with Gasteiger partial charge in [-0.15, -0.1) is 0 Å². The molecule has 0 spiro atoms. The predicted molar refractivity (Wildman–Crippen MR) is 80.6 cm³/mol. The number of rotatable bonds is 8. The molecule has 0 aliphatic rings. The van der Waals surface area contributed by atoms with Crippen molar-refractivity contribution in [3.8, 4) is 0 Å². The Morgan fingerprint density at radius 1 is 1.20 bits per heavy atom. The van der Waals surface area contributed by atoms with Crippen molar-refractivity contribution in [1.82, 2.24) is 9.78 Å². The number of aliphatic hydroxyl groups excluding tert-OH is 1. The van der Waals surface area contributed by atoms with E-state index in [-0.39, 0.29) is 11.5 Å². The normalized spacial score (nSPS) is 13.7. The van der Waals surface area contributed by atoms with E-state index in [1.165, 1.54) is 0 Å². The SMILES string of the molecule is CCc1nn(CCS(=O)(=O)CC)c(CC)c1C(O)CC. The number of nitrogens with zero attached hydrogens (tertiary/aromatic N) is 2. The maximum absolute atomic E-state index is 11.6. The van der Waals surface area contributed by atoms with Crippen molar-refractivity contribution in [2.75, 3.05) is 11.5 Å². The topological polar surface area (TPSA) is 72.2 Å². The fourth-order valence-electron chi connectivity index (χ4n) is 2.34. The van der Waals surface area contributed by atoms with Crippen LogP contribution in [0.15, 0.2) is 0 Å². The van der Waals surface area contributed by atoms with E-state index in [1.807, 2.05) is 20.8 Å². The zero-order valence-corrected chi connectivity index (χ0v) is 13.7. The molecule has 0 bridgehead atoms. The lowest BCUT2D eigenvalue weighted by atomic mass is 10.0. The van der Waals surface area contributed by atoms with Gasteiger partial charge in [-0.2, -0.15) is 5.10 Å². The highest BCUT2D eigenvalue weighted by molar-refractivity contribution is 7.91. The van der Waals surface area contributed by atoms with E-state index >= 15 is 0 Å². The molecule has 1 N–H and O–H groups in total. The van der Waals surface area contributed by atoms with Crippen molar-refractivity contribution >= 4 is 9.84 Å². The van der Waals surface area contributed by atoms with Crippen molar-refractivity contribution in [2.45, 2.75) is 59.6 Å². The first-order chi connectivity index (χ1) is 9.40. The van der Waals surface area contributed by atoms with Crippen molar-refractivity contribution < 1.29 is 13.5 Å². The summed E-state index contributed by atoms with van der Waals surface area (Å²) in [6.07, 6.45) is 1.61. The average molecular weight is 302 g/mol. The van der Waals surface area contributed by atoms with E-state index < -0.39 is 15.9 Å². The Balaban J connectivity index is 3.11. The highest BCUT2D eigenvalue weighted by atomic mass is 32.2. The lowest BCUT2D eigenvalue weighted by Crippen LogP contribution is -2.17. The van der Waals surface area contributed by atoms with Crippen LogP contribution in [0.3, 0.4) is 0 Å². The van der Waals surface area contributed by atoms with Gasteiger partial charge in [0, 0.05) is 17.0 Å². The standard InChI is InChI=1S/C14H26N2O3S/c1-5-11-14(13(17)7-3)12(6-2)16(15-11)9-10-20(18,19)8-4/h13,17H,5-10H2,1-4H3. The van der Waals surface area contributed by atoms with Crippen LogP contribution in [0.25, 0.3) is 0 Å². The lowest BCUT2D eigenvalue weighted by Gasteiger charge is -2.11. The number of sulfone groups is 1. The molecular formula is C14H26N2O3S. The van der Waals surface area contributed by atoms with Gasteiger partial charge in [0.2, 0.25) is 0 Å². The van der Waals surface area contributed by atoms with Crippen LogP contribution in [0.4, 0.5) is 0 Å². The average Bonchev–Trinajstić information content (AvgIpc) is 2.82. The largest absolute Gasteiger partial charge is 0.388 e. The van der Waals surface area contributed by atoms with Crippen LogP contribution in [0, 0.1) is 0 Å². The van der Waals surface area contributed by atoms with Crippen LogP contribution in [0.1, 0.15) is 57.2 Å². The fourth-order valence-corrected chi connectivity index (χ4v) is 3.08. The molecule has 1 aromatic rings. The Bertz CT molecular complexity index is 535. The van der Waals surface area contributed by atoms with Crippen LogP contribution in [-0.2, 0) is 29.2 Å². The van der Waals surface area contributed by atoms with Gasteiger partial charge in [0.1, 0.15) is 0 Å². The van der Waals surface area contributed by atoms with Crippen molar-refractivity contribution in [2.24, 2.45) is 0 Å². The van der Waals surface area contributed by atoms with Gasteiger partial charge in [-0.05, 0) is 19.3 Å². The van der Waals surface area contributed by atoms with Gasteiger partial charge < -0.3 is 5.11 Å². The maximum atomic E-state index is 11.6. The zero-order valence-electron chi connectivity index (χ0n) is 12.9. The number of hydrogen-bond donors (Lipinski definition) is 1. The Labute approximate surface area is 121 Å². The fraction of sp³-hybridized carbons (Fsp3) is 0.786. The first-order valence-corrected chi connectivity index (χ1v) is 9.19. The molecule has 1 atom stereocenters. The minimum Gasteiger partial charge on any atom is -0.388 e. The van der Waals surface area contributed by atoms with E-state index in [9.17, 15) is 13.5 Å². The summed E-state index contributed by atoms with van der Waals surface area (Å²) in [4.78, 5) is 0. The van der Waals surface area contributed by atoms with Crippen molar-refractivity contribution in [3.63, 3.8) is 0 Å². The zero-order chi connectivity index (χ0) is 15.3. The molecule has 6 heteroatoms. The molecular weight excluding hydrogens is 276 g/mol. The van der Waals surface area contributed by atoms with E-state index in [4.69, 9.17) is 0 Å². The van der Waals surface area contributed by atoms with E-state index in [0.29, 0.717) is 13.0 Å². The smallest absolute Gasteiger partial charge is 0.151 e. The van der Waals surface area contributed by atoms with Crippen LogP contribution >= 0.6 is 0 Å². The van der Waals surface area contributed by atoms with Gasteiger partial charge in [0.15, 0.2) is 9.84 Å². The first kappa shape index (κ1) is 17.2. The molecule has 1 unspecified atom stereocenters. The Kier molecular flexibility index (Phi) is 6.20. The highest BCUT2D eigenvalue weighted by Crippen LogP contribution is 2.26. The summed E-state index contributed by atoms with van der Waals surface area (Å²) in [5, 5.41) is 14.7. The second kappa shape index (κ2) is 7.22. The number of hydrogen-bond acceptors (Lipinski definition) is 4. The summed E-state index contributed by atoms with van der Waals surface area (Å²) in [5.74, 6) is 0.254. The van der Waals surface area contributed by atoms with Gasteiger partial charge in [0.05, 0.1) is 24.1 Å². The Morgan fingerprint density at radius 2 is 1.85 bits per heavy atom. The molecule has 1 heterocycles. The predicted octanol–water partition coefficient (Wildman–Crippen LogP) is 1.89. The first-order valence-electron chi connectivity index (χ1n) is 7.36. The molecule has 0 aromatic carbocycles. The second-order valence-electron chi connectivity index (χ2n) is 4.90. The third-order valence-electron chi connectivity index (χ3n) is 3.62. The quantitative estimate of drug-likeness (QED) is 0.796. The lowest BCUT2D eigenvalue weighted by molar-refractivity contribution is 0.171. The van der Waals surface area contributed by atoms with Crippen molar-refractivity contribution in [3.05, 3.63) is 17.0 Å². The minimum atomic E-state index is -3.00. The van der Waals surface area contributed by atoms with Crippen LogP contribution in [0.2, 0.25) is 0 Å². The van der Waals surface area contributed by atoms with Crippen LogP contribution < -0.4 is 0 Å². The van der Waals surface area contributed by atoms with Gasteiger partial charge >= 0.3 is 0 Å². The Hall–Kier alpha value is -0.880. The third-order valence-corrected chi connectivity index (χ3v) is 5.30. The minimum absolute atomic E-state index is 0.100. The van der Waals surface area contributed by atoms with E-state index in [0.717, 1.165) is 29.8 Å². The summed E-state index contributed by atoms with van der Waals surface area (Å²) in [7, 11) is -3.00. The molecule has 0 radical (unpaired) electrons. The molecule has 0 aliphatic carbocycles. The van der Waals surface area contributed by atoms with Crippen LogP contribution in [0.5, 0.6) is 0 Å².